The van der Waals surface area contributed by atoms with Gasteiger partial charge in [0.25, 0.3) is 0 Å². The monoisotopic (exact) mass is 338 g/mol. The molecule has 24 heavy (non-hydrogen) atoms. The summed E-state index contributed by atoms with van der Waals surface area (Å²) in [4.78, 5) is 11.6. The first-order chi connectivity index (χ1) is 11.4. The Kier molecular flexibility index (Phi) is 4.57. The first kappa shape index (κ1) is 16.9. The van der Waals surface area contributed by atoms with Gasteiger partial charge in [0.15, 0.2) is 0 Å². The third-order valence-electron chi connectivity index (χ3n) is 3.98. The zero-order chi connectivity index (χ0) is 17.4. The summed E-state index contributed by atoms with van der Waals surface area (Å²) < 4.78 is 15.9. The van der Waals surface area contributed by atoms with Crippen molar-refractivity contribution in [1.29, 1.82) is 0 Å². The Morgan fingerprint density at radius 2 is 1.88 bits per heavy atom. The molecule has 5 atom stereocenters. The molecule has 1 aliphatic rings. The Bertz CT molecular complexity index is 783. The van der Waals surface area contributed by atoms with Crippen molar-refractivity contribution in [2.75, 3.05) is 6.61 Å². The fourth-order valence-corrected chi connectivity index (χ4v) is 2.57. The summed E-state index contributed by atoms with van der Waals surface area (Å²) in [5, 5.41) is 39.3. The zero-order valence-corrected chi connectivity index (χ0v) is 12.8. The van der Waals surface area contributed by atoms with E-state index in [2.05, 4.69) is 0 Å². The van der Waals surface area contributed by atoms with Crippen LogP contribution in [0.5, 0.6) is 5.75 Å². The van der Waals surface area contributed by atoms with Gasteiger partial charge in [0, 0.05) is 17.0 Å². The maximum atomic E-state index is 11.6. The number of fused-ring (bicyclic) bond motifs is 1. The summed E-state index contributed by atoms with van der Waals surface area (Å²) in [6, 6.07) is 6.39. The maximum Gasteiger partial charge on any atom is 0.339 e. The van der Waals surface area contributed by atoms with E-state index in [4.69, 9.17) is 19.0 Å². The van der Waals surface area contributed by atoms with Crippen LogP contribution in [0, 0.1) is 6.92 Å². The van der Waals surface area contributed by atoms with Gasteiger partial charge in [0.2, 0.25) is 6.29 Å². The Hall–Kier alpha value is -1.97. The molecule has 1 aromatic heterocycles. The van der Waals surface area contributed by atoms with Crippen LogP contribution in [0.15, 0.2) is 33.5 Å². The zero-order valence-electron chi connectivity index (χ0n) is 12.8. The minimum absolute atomic E-state index is 0.235. The van der Waals surface area contributed by atoms with Crippen molar-refractivity contribution in [3.05, 3.63) is 40.2 Å². The quantitative estimate of drug-likeness (QED) is 0.540. The van der Waals surface area contributed by atoms with Crippen LogP contribution in [-0.2, 0) is 4.74 Å². The third kappa shape index (κ3) is 3.02. The Morgan fingerprint density at radius 3 is 2.58 bits per heavy atom. The van der Waals surface area contributed by atoms with E-state index < -0.39 is 42.9 Å². The predicted molar refractivity (Wildman–Crippen MR) is 81.6 cm³/mol. The fourth-order valence-electron chi connectivity index (χ4n) is 2.57. The SMILES string of the molecule is Cc1cc2ccc(OC3O[C@H](CO)[C@@H](O)[C@H](O)[C@@H]3O)cc2oc1=O. The van der Waals surface area contributed by atoms with E-state index in [-0.39, 0.29) is 5.75 Å². The maximum absolute atomic E-state index is 11.6. The number of rotatable bonds is 3. The molecule has 0 bridgehead atoms. The minimum Gasteiger partial charge on any atom is -0.462 e. The number of aliphatic hydroxyl groups is 4. The van der Waals surface area contributed by atoms with E-state index in [9.17, 15) is 20.1 Å². The lowest BCUT2D eigenvalue weighted by Gasteiger charge is -2.39. The Morgan fingerprint density at radius 1 is 1.12 bits per heavy atom. The summed E-state index contributed by atoms with van der Waals surface area (Å²) in [6.07, 6.45) is -6.85. The molecule has 1 aromatic carbocycles. The average molecular weight is 338 g/mol. The molecule has 8 nitrogen and oxygen atoms in total. The van der Waals surface area contributed by atoms with Gasteiger partial charge in [-0.05, 0) is 25.1 Å². The molecular formula is C16H18O8. The van der Waals surface area contributed by atoms with E-state index >= 15 is 0 Å². The molecule has 8 heteroatoms. The standard InChI is InChI=1S/C16H18O8/c1-7-4-8-2-3-9(5-10(8)23-15(7)21)22-16-14(20)13(19)12(18)11(6-17)24-16/h2-5,11-14,16-20H,6H2,1H3/t11-,12-,13+,14+,16?/m1/s1. The van der Waals surface area contributed by atoms with Crippen LogP contribution in [0.1, 0.15) is 5.56 Å². The van der Waals surface area contributed by atoms with Crippen molar-refractivity contribution >= 4 is 11.0 Å². The number of hydrogen-bond donors (Lipinski definition) is 4. The lowest BCUT2D eigenvalue weighted by molar-refractivity contribution is -0.277. The van der Waals surface area contributed by atoms with E-state index in [1.165, 1.54) is 6.07 Å². The van der Waals surface area contributed by atoms with Crippen molar-refractivity contribution in [1.82, 2.24) is 0 Å². The molecule has 4 N–H and O–H groups in total. The van der Waals surface area contributed by atoms with Gasteiger partial charge in [-0.2, -0.15) is 0 Å². The largest absolute Gasteiger partial charge is 0.462 e. The molecule has 1 unspecified atom stereocenters. The van der Waals surface area contributed by atoms with Gasteiger partial charge in [-0.25, -0.2) is 4.79 Å². The molecule has 0 amide bonds. The van der Waals surface area contributed by atoms with Gasteiger partial charge in [-0.3, -0.25) is 0 Å². The third-order valence-corrected chi connectivity index (χ3v) is 3.98. The highest BCUT2D eigenvalue weighted by atomic mass is 16.7. The normalized spacial score (nSPS) is 30.5. The second-order valence-electron chi connectivity index (χ2n) is 5.73. The molecule has 3 rings (SSSR count). The first-order valence-electron chi connectivity index (χ1n) is 7.42. The van der Waals surface area contributed by atoms with Crippen molar-refractivity contribution in [3.63, 3.8) is 0 Å². The van der Waals surface area contributed by atoms with Crippen LogP contribution in [0.2, 0.25) is 0 Å². The van der Waals surface area contributed by atoms with E-state index in [1.807, 2.05) is 0 Å². The van der Waals surface area contributed by atoms with Gasteiger partial charge in [0.1, 0.15) is 35.7 Å². The molecule has 2 heterocycles. The van der Waals surface area contributed by atoms with Crippen molar-refractivity contribution < 1.29 is 34.3 Å². The Labute approximate surface area is 136 Å². The van der Waals surface area contributed by atoms with E-state index in [0.717, 1.165) is 0 Å². The molecule has 130 valence electrons. The summed E-state index contributed by atoms with van der Waals surface area (Å²) in [7, 11) is 0. The molecule has 0 saturated carbocycles. The summed E-state index contributed by atoms with van der Waals surface area (Å²) in [6.45, 7) is 1.10. The molecule has 1 fully saturated rings. The van der Waals surface area contributed by atoms with Crippen LogP contribution in [-0.4, -0.2) is 57.7 Å². The number of hydrogen-bond acceptors (Lipinski definition) is 8. The fraction of sp³-hybridized carbons (Fsp3) is 0.438. The molecule has 1 saturated heterocycles. The number of aliphatic hydroxyl groups excluding tert-OH is 4. The summed E-state index contributed by atoms with van der Waals surface area (Å²) in [5.41, 5.74) is 0.310. The molecule has 0 radical (unpaired) electrons. The minimum atomic E-state index is -1.53. The summed E-state index contributed by atoms with van der Waals surface area (Å²) >= 11 is 0. The van der Waals surface area contributed by atoms with Gasteiger partial charge in [0.05, 0.1) is 6.61 Å². The highest BCUT2D eigenvalue weighted by Crippen LogP contribution is 2.26. The topological polar surface area (TPSA) is 130 Å². The van der Waals surface area contributed by atoms with Crippen LogP contribution < -0.4 is 10.4 Å². The first-order valence-corrected chi connectivity index (χ1v) is 7.42. The molecule has 1 aliphatic heterocycles. The molecule has 0 spiro atoms. The summed E-state index contributed by atoms with van der Waals surface area (Å²) in [5.74, 6) is 0.235. The van der Waals surface area contributed by atoms with Crippen molar-refractivity contribution in [3.8, 4) is 5.75 Å². The number of ether oxygens (including phenoxy) is 2. The van der Waals surface area contributed by atoms with Gasteiger partial charge < -0.3 is 34.3 Å². The number of benzene rings is 1. The lowest BCUT2D eigenvalue weighted by Crippen LogP contribution is -2.60. The van der Waals surface area contributed by atoms with E-state index in [1.54, 1.807) is 25.1 Å². The predicted octanol–water partition coefficient (Wildman–Crippen LogP) is -0.720. The second kappa shape index (κ2) is 6.50. The van der Waals surface area contributed by atoms with Crippen molar-refractivity contribution in [2.24, 2.45) is 0 Å². The number of aryl methyl sites for hydroxylation is 1. The van der Waals surface area contributed by atoms with Gasteiger partial charge >= 0.3 is 5.63 Å². The van der Waals surface area contributed by atoms with E-state index in [0.29, 0.717) is 16.5 Å². The smallest absolute Gasteiger partial charge is 0.339 e. The molecule has 0 aliphatic carbocycles. The van der Waals surface area contributed by atoms with Gasteiger partial charge in [-0.1, -0.05) is 0 Å². The van der Waals surface area contributed by atoms with Crippen LogP contribution in [0.4, 0.5) is 0 Å². The average Bonchev–Trinajstić information content (AvgIpc) is 2.56. The lowest BCUT2D eigenvalue weighted by atomic mass is 9.99. The second-order valence-corrected chi connectivity index (χ2v) is 5.73. The van der Waals surface area contributed by atoms with Crippen LogP contribution >= 0.6 is 0 Å². The Balaban J connectivity index is 1.86. The van der Waals surface area contributed by atoms with Crippen LogP contribution in [0.25, 0.3) is 11.0 Å². The van der Waals surface area contributed by atoms with Crippen molar-refractivity contribution in [2.45, 2.75) is 37.6 Å². The highest BCUT2D eigenvalue weighted by Gasteiger charge is 2.44. The molecular weight excluding hydrogens is 320 g/mol. The molecule has 2 aromatic rings. The van der Waals surface area contributed by atoms with Crippen LogP contribution in [0.3, 0.4) is 0 Å². The highest BCUT2D eigenvalue weighted by molar-refractivity contribution is 5.78. The van der Waals surface area contributed by atoms with Gasteiger partial charge in [-0.15, -0.1) is 0 Å².